The Kier molecular flexibility index (Phi) is 2.77. The second kappa shape index (κ2) is 4.06. The number of Topliss-reactive ketones (excluding diaryl/α,β-unsaturated/α-hetero) is 1. The van der Waals surface area contributed by atoms with E-state index in [4.69, 9.17) is 4.42 Å². The zero-order chi connectivity index (χ0) is 10.8. The number of para-hydroxylation sites is 2. The number of nitrogens with zero attached hydrogens (tertiary/aromatic N) is 1. The minimum atomic E-state index is -0.113. The molecule has 0 bridgehead atoms. The molecule has 0 aliphatic rings. The highest BCUT2D eigenvalue weighted by atomic mass is 32.2. The molecule has 0 saturated carbocycles. The third kappa shape index (κ3) is 2.21. The van der Waals surface area contributed by atoms with Gasteiger partial charge < -0.3 is 4.42 Å². The molecular formula is C11H11NO2S. The molecule has 2 aromatic rings. The van der Waals surface area contributed by atoms with Gasteiger partial charge in [0.2, 0.25) is 0 Å². The highest BCUT2D eigenvalue weighted by Gasteiger charge is 2.13. The van der Waals surface area contributed by atoms with Gasteiger partial charge in [-0.25, -0.2) is 4.98 Å². The van der Waals surface area contributed by atoms with Gasteiger partial charge in [-0.2, -0.15) is 0 Å². The monoisotopic (exact) mass is 221 g/mol. The Bertz CT molecular complexity index is 459. The molecule has 0 fully saturated rings. The van der Waals surface area contributed by atoms with Gasteiger partial charge in [-0.15, -0.1) is 0 Å². The zero-order valence-electron chi connectivity index (χ0n) is 8.56. The molecule has 2 rings (SSSR count). The van der Waals surface area contributed by atoms with E-state index in [9.17, 15) is 4.79 Å². The Morgan fingerprint density at radius 2 is 2.20 bits per heavy atom. The van der Waals surface area contributed by atoms with Crippen molar-refractivity contribution in [3.63, 3.8) is 0 Å². The van der Waals surface area contributed by atoms with E-state index in [2.05, 4.69) is 4.98 Å². The number of ketones is 1. The molecule has 0 radical (unpaired) electrons. The van der Waals surface area contributed by atoms with E-state index in [-0.39, 0.29) is 11.0 Å². The Morgan fingerprint density at radius 3 is 2.87 bits per heavy atom. The van der Waals surface area contributed by atoms with E-state index in [0.717, 1.165) is 11.1 Å². The van der Waals surface area contributed by atoms with Gasteiger partial charge in [-0.05, 0) is 26.0 Å². The second-order valence-electron chi connectivity index (χ2n) is 3.32. The number of aromatic nitrogens is 1. The van der Waals surface area contributed by atoms with Crippen LogP contribution in [-0.4, -0.2) is 16.0 Å². The highest BCUT2D eigenvalue weighted by molar-refractivity contribution is 8.00. The molecule has 4 heteroatoms. The molecule has 0 spiro atoms. The SMILES string of the molecule is CC(=O)[C@@H](C)Sc1nc2ccccc2o1. The maximum Gasteiger partial charge on any atom is 0.257 e. The largest absolute Gasteiger partial charge is 0.431 e. The van der Waals surface area contributed by atoms with Crippen molar-refractivity contribution in [3.05, 3.63) is 24.3 Å². The van der Waals surface area contributed by atoms with Crippen LogP contribution in [0.1, 0.15) is 13.8 Å². The fraction of sp³-hybridized carbons (Fsp3) is 0.273. The molecule has 78 valence electrons. The van der Waals surface area contributed by atoms with Crippen LogP contribution >= 0.6 is 11.8 Å². The van der Waals surface area contributed by atoms with Gasteiger partial charge in [-0.3, -0.25) is 4.79 Å². The molecule has 0 unspecified atom stereocenters. The van der Waals surface area contributed by atoms with Gasteiger partial charge in [0.05, 0.1) is 5.25 Å². The number of fused-ring (bicyclic) bond motifs is 1. The standard InChI is InChI=1S/C11H11NO2S/c1-7(13)8(2)15-11-12-9-5-3-4-6-10(9)14-11/h3-6,8H,1-2H3/t8-/m1/s1. The van der Waals surface area contributed by atoms with Crippen LogP contribution in [0.2, 0.25) is 0 Å². The van der Waals surface area contributed by atoms with Crippen molar-refractivity contribution in [1.29, 1.82) is 0 Å². The van der Waals surface area contributed by atoms with Gasteiger partial charge in [0.15, 0.2) is 5.58 Å². The molecular weight excluding hydrogens is 210 g/mol. The average Bonchev–Trinajstić information content (AvgIpc) is 2.59. The molecule has 1 atom stereocenters. The molecule has 1 heterocycles. The lowest BCUT2D eigenvalue weighted by molar-refractivity contribution is -0.116. The molecule has 3 nitrogen and oxygen atoms in total. The van der Waals surface area contributed by atoms with Crippen molar-refractivity contribution in [1.82, 2.24) is 4.98 Å². The number of benzene rings is 1. The summed E-state index contributed by atoms with van der Waals surface area (Å²) in [4.78, 5) is 15.4. The van der Waals surface area contributed by atoms with Gasteiger partial charge in [-0.1, -0.05) is 23.9 Å². The van der Waals surface area contributed by atoms with Crippen LogP contribution in [0.25, 0.3) is 11.1 Å². The Balaban J connectivity index is 2.26. The van der Waals surface area contributed by atoms with Crippen LogP contribution in [0.5, 0.6) is 0 Å². The van der Waals surface area contributed by atoms with Gasteiger partial charge in [0.25, 0.3) is 5.22 Å². The van der Waals surface area contributed by atoms with Crippen LogP contribution in [0.3, 0.4) is 0 Å². The fourth-order valence-corrected chi connectivity index (χ4v) is 1.89. The van der Waals surface area contributed by atoms with E-state index < -0.39 is 0 Å². The molecule has 0 saturated heterocycles. The Labute approximate surface area is 91.9 Å². The molecule has 0 amide bonds. The molecule has 0 aliphatic heterocycles. The Morgan fingerprint density at radius 1 is 1.47 bits per heavy atom. The first kappa shape index (κ1) is 10.2. The highest BCUT2D eigenvalue weighted by Crippen LogP contribution is 2.26. The van der Waals surface area contributed by atoms with Crippen molar-refractivity contribution in [2.24, 2.45) is 0 Å². The summed E-state index contributed by atoms with van der Waals surface area (Å²) in [7, 11) is 0. The predicted molar refractivity (Wildman–Crippen MR) is 60.0 cm³/mol. The first-order chi connectivity index (χ1) is 7.16. The lowest BCUT2D eigenvalue weighted by atomic mass is 10.3. The summed E-state index contributed by atoms with van der Waals surface area (Å²) in [6, 6.07) is 7.57. The van der Waals surface area contributed by atoms with E-state index in [1.807, 2.05) is 31.2 Å². The number of oxazole rings is 1. The summed E-state index contributed by atoms with van der Waals surface area (Å²) in [5.74, 6) is 0.127. The van der Waals surface area contributed by atoms with Crippen LogP contribution in [0.4, 0.5) is 0 Å². The van der Waals surface area contributed by atoms with E-state index >= 15 is 0 Å². The predicted octanol–water partition coefficient (Wildman–Crippen LogP) is 2.90. The van der Waals surface area contributed by atoms with Crippen molar-refractivity contribution in [2.45, 2.75) is 24.3 Å². The zero-order valence-corrected chi connectivity index (χ0v) is 9.38. The number of rotatable bonds is 3. The second-order valence-corrected chi connectivity index (χ2v) is 4.61. The molecule has 1 aromatic heterocycles. The van der Waals surface area contributed by atoms with Crippen molar-refractivity contribution < 1.29 is 9.21 Å². The minimum absolute atomic E-state index is 0.113. The molecule has 0 N–H and O–H groups in total. The maximum atomic E-state index is 11.1. The third-order valence-electron chi connectivity index (χ3n) is 2.12. The summed E-state index contributed by atoms with van der Waals surface area (Å²) in [5.41, 5.74) is 1.59. The molecule has 0 aliphatic carbocycles. The maximum absolute atomic E-state index is 11.1. The summed E-state index contributed by atoms with van der Waals surface area (Å²) < 4.78 is 5.49. The van der Waals surface area contributed by atoms with Crippen LogP contribution in [0, 0.1) is 0 Å². The van der Waals surface area contributed by atoms with Gasteiger partial charge in [0.1, 0.15) is 11.3 Å². The third-order valence-corrected chi connectivity index (χ3v) is 3.19. The van der Waals surface area contributed by atoms with Crippen LogP contribution in [-0.2, 0) is 4.79 Å². The van der Waals surface area contributed by atoms with E-state index in [1.165, 1.54) is 11.8 Å². The number of carbonyl (C=O) groups excluding carboxylic acids is 1. The van der Waals surface area contributed by atoms with Crippen LogP contribution < -0.4 is 0 Å². The van der Waals surface area contributed by atoms with E-state index in [1.54, 1.807) is 6.92 Å². The lowest BCUT2D eigenvalue weighted by Gasteiger charge is -2.01. The van der Waals surface area contributed by atoms with Crippen molar-refractivity contribution in [2.75, 3.05) is 0 Å². The quantitative estimate of drug-likeness (QED) is 0.747. The summed E-state index contributed by atoms with van der Waals surface area (Å²) >= 11 is 1.35. The lowest BCUT2D eigenvalue weighted by Crippen LogP contribution is -2.07. The summed E-state index contributed by atoms with van der Waals surface area (Å²) in [5, 5.41) is 0.442. The molecule has 15 heavy (non-hydrogen) atoms. The van der Waals surface area contributed by atoms with Crippen LogP contribution in [0.15, 0.2) is 33.9 Å². The topological polar surface area (TPSA) is 43.1 Å². The number of hydrogen-bond acceptors (Lipinski definition) is 4. The number of carbonyl (C=O) groups is 1. The van der Waals surface area contributed by atoms with Crippen molar-refractivity contribution >= 4 is 28.6 Å². The minimum Gasteiger partial charge on any atom is -0.431 e. The van der Waals surface area contributed by atoms with Gasteiger partial charge in [0, 0.05) is 0 Å². The fourth-order valence-electron chi connectivity index (χ4n) is 1.14. The van der Waals surface area contributed by atoms with Crippen molar-refractivity contribution in [3.8, 4) is 0 Å². The van der Waals surface area contributed by atoms with E-state index in [0.29, 0.717) is 5.22 Å². The summed E-state index contributed by atoms with van der Waals surface area (Å²) in [6.07, 6.45) is 0. The first-order valence-electron chi connectivity index (χ1n) is 4.69. The Hall–Kier alpha value is -1.29. The first-order valence-corrected chi connectivity index (χ1v) is 5.57. The average molecular weight is 221 g/mol. The van der Waals surface area contributed by atoms with Gasteiger partial charge >= 0.3 is 0 Å². The number of hydrogen-bond donors (Lipinski definition) is 0. The normalized spacial score (nSPS) is 12.9. The molecule has 1 aromatic carbocycles. The summed E-state index contributed by atoms with van der Waals surface area (Å²) in [6.45, 7) is 3.42. The smallest absolute Gasteiger partial charge is 0.257 e. The number of thioether (sulfide) groups is 1.